The number of nitrogens with zero attached hydrogens (tertiary/aromatic N) is 3. The van der Waals surface area contributed by atoms with E-state index in [1.54, 1.807) is 17.6 Å². The van der Waals surface area contributed by atoms with Crippen molar-refractivity contribution in [3.8, 4) is 0 Å². The number of nitrogens with one attached hydrogen (secondary N) is 1. The second kappa shape index (κ2) is 8.38. The number of furan rings is 1. The molecule has 2 aromatic rings. The third kappa shape index (κ3) is 5.04. The first-order chi connectivity index (χ1) is 10.7. The summed E-state index contributed by atoms with van der Waals surface area (Å²) in [5, 5.41) is 6.44. The molecule has 2 aromatic heterocycles. The van der Waals surface area contributed by atoms with Crippen LogP contribution in [0, 0.1) is 6.92 Å². The quantitative estimate of drug-likeness (QED) is 0.484. The average Bonchev–Trinajstić information content (AvgIpc) is 3.14. The van der Waals surface area contributed by atoms with Crippen LogP contribution in [0.1, 0.15) is 16.5 Å². The highest BCUT2D eigenvalue weighted by atomic mass is 32.1. The summed E-state index contributed by atoms with van der Waals surface area (Å²) in [5.41, 5.74) is 1.06. The Morgan fingerprint density at radius 1 is 1.59 bits per heavy atom. The number of aryl methyl sites for hydroxylation is 1. The van der Waals surface area contributed by atoms with Crippen LogP contribution in [-0.4, -0.2) is 36.0 Å². The average molecular weight is 318 g/mol. The molecule has 0 fully saturated rings. The molecule has 2 heterocycles. The lowest BCUT2D eigenvalue weighted by Crippen LogP contribution is -2.38. The molecule has 5 nitrogen and oxygen atoms in total. The van der Waals surface area contributed by atoms with Gasteiger partial charge in [-0.2, -0.15) is 0 Å². The summed E-state index contributed by atoms with van der Waals surface area (Å²) < 4.78 is 5.33. The van der Waals surface area contributed by atoms with Gasteiger partial charge >= 0.3 is 0 Å². The molecule has 22 heavy (non-hydrogen) atoms. The number of hydrogen-bond donors (Lipinski definition) is 1. The second-order valence-corrected chi connectivity index (χ2v) is 5.98. The monoisotopic (exact) mass is 318 g/mol. The van der Waals surface area contributed by atoms with E-state index in [0.717, 1.165) is 35.4 Å². The summed E-state index contributed by atoms with van der Waals surface area (Å²) in [6, 6.07) is 3.86. The third-order valence-corrected chi connectivity index (χ3v) is 3.85. The number of aromatic nitrogens is 1. The van der Waals surface area contributed by atoms with Crippen LogP contribution in [0.15, 0.2) is 45.8 Å². The minimum absolute atomic E-state index is 0.674. The van der Waals surface area contributed by atoms with Crippen molar-refractivity contribution >= 4 is 17.3 Å². The van der Waals surface area contributed by atoms with Gasteiger partial charge < -0.3 is 14.6 Å². The Bertz CT molecular complexity index is 603. The van der Waals surface area contributed by atoms with Gasteiger partial charge in [0.15, 0.2) is 5.96 Å². The van der Waals surface area contributed by atoms with Gasteiger partial charge in [0.25, 0.3) is 0 Å². The lowest BCUT2D eigenvalue weighted by Gasteiger charge is -2.21. The van der Waals surface area contributed by atoms with E-state index in [1.165, 1.54) is 0 Å². The van der Waals surface area contributed by atoms with Gasteiger partial charge in [-0.3, -0.25) is 4.99 Å². The van der Waals surface area contributed by atoms with Crippen molar-refractivity contribution in [3.63, 3.8) is 0 Å². The van der Waals surface area contributed by atoms with E-state index in [0.29, 0.717) is 13.1 Å². The normalized spacial score (nSPS) is 11.5. The number of thiazole rings is 1. The minimum Gasteiger partial charge on any atom is -0.469 e. The molecule has 2 rings (SSSR count). The van der Waals surface area contributed by atoms with E-state index < -0.39 is 0 Å². The van der Waals surface area contributed by atoms with Crippen molar-refractivity contribution in [3.05, 3.63) is 52.9 Å². The third-order valence-electron chi connectivity index (χ3n) is 3.03. The summed E-state index contributed by atoms with van der Waals surface area (Å²) in [7, 11) is 2.01. The standard InChI is InChI=1S/C16H22N4OS/c1-4-8-17-16(18-9-7-15-6-5-10-21-15)20(3)11-14-12-22-13(2)19-14/h4-6,10,12H,1,7-9,11H2,2-3H3,(H,17,18). The maximum Gasteiger partial charge on any atom is 0.194 e. The molecule has 0 aromatic carbocycles. The van der Waals surface area contributed by atoms with Crippen molar-refractivity contribution in [1.29, 1.82) is 0 Å². The highest BCUT2D eigenvalue weighted by Gasteiger charge is 2.08. The van der Waals surface area contributed by atoms with E-state index in [4.69, 9.17) is 4.42 Å². The van der Waals surface area contributed by atoms with E-state index in [9.17, 15) is 0 Å². The van der Waals surface area contributed by atoms with Crippen molar-refractivity contribution in [2.75, 3.05) is 20.1 Å². The maximum atomic E-state index is 5.33. The van der Waals surface area contributed by atoms with Gasteiger partial charge in [0.1, 0.15) is 5.76 Å². The molecule has 0 saturated carbocycles. The van der Waals surface area contributed by atoms with Gasteiger partial charge in [-0.1, -0.05) is 6.08 Å². The molecule has 0 bridgehead atoms. The van der Waals surface area contributed by atoms with Gasteiger partial charge in [-0.05, 0) is 19.1 Å². The van der Waals surface area contributed by atoms with Crippen LogP contribution in [0.4, 0.5) is 0 Å². The number of aliphatic imine (C=N–C) groups is 1. The molecule has 118 valence electrons. The summed E-state index contributed by atoms with van der Waals surface area (Å²) in [6.07, 6.45) is 4.30. The molecule has 0 unspecified atom stereocenters. The van der Waals surface area contributed by atoms with Crippen LogP contribution >= 0.6 is 11.3 Å². The molecular weight excluding hydrogens is 296 g/mol. The van der Waals surface area contributed by atoms with Crippen molar-refractivity contribution < 1.29 is 4.42 Å². The number of guanidine groups is 1. The van der Waals surface area contributed by atoms with Crippen LogP contribution in [-0.2, 0) is 13.0 Å². The zero-order valence-electron chi connectivity index (χ0n) is 13.1. The lowest BCUT2D eigenvalue weighted by molar-refractivity contribution is 0.470. The van der Waals surface area contributed by atoms with Crippen molar-refractivity contribution in [1.82, 2.24) is 15.2 Å². The largest absolute Gasteiger partial charge is 0.469 e. The smallest absolute Gasteiger partial charge is 0.194 e. The Kier molecular flexibility index (Phi) is 6.21. The molecule has 1 N–H and O–H groups in total. The van der Waals surface area contributed by atoms with Gasteiger partial charge in [0, 0.05) is 31.9 Å². The fourth-order valence-electron chi connectivity index (χ4n) is 2.00. The fraction of sp³-hybridized carbons (Fsp3) is 0.375. The molecular formula is C16H22N4OS. The predicted octanol–water partition coefficient (Wildman–Crippen LogP) is 2.85. The summed E-state index contributed by atoms with van der Waals surface area (Å²) in [4.78, 5) is 11.2. The fourth-order valence-corrected chi connectivity index (χ4v) is 2.60. The molecule has 0 atom stereocenters. The van der Waals surface area contributed by atoms with Gasteiger partial charge in [-0.25, -0.2) is 4.98 Å². The van der Waals surface area contributed by atoms with E-state index in [-0.39, 0.29) is 0 Å². The second-order valence-electron chi connectivity index (χ2n) is 4.92. The van der Waals surface area contributed by atoms with Gasteiger partial charge in [0.05, 0.1) is 23.5 Å². The van der Waals surface area contributed by atoms with Crippen LogP contribution in [0.2, 0.25) is 0 Å². The molecule has 6 heteroatoms. The number of hydrogen-bond acceptors (Lipinski definition) is 4. The molecule has 0 aliphatic heterocycles. The topological polar surface area (TPSA) is 53.7 Å². The summed E-state index contributed by atoms with van der Waals surface area (Å²) in [5.74, 6) is 1.79. The van der Waals surface area contributed by atoms with Crippen LogP contribution in [0.5, 0.6) is 0 Å². The first-order valence-corrected chi connectivity index (χ1v) is 8.10. The zero-order chi connectivity index (χ0) is 15.8. The first-order valence-electron chi connectivity index (χ1n) is 7.22. The highest BCUT2D eigenvalue weighted by molar-refractivity contribution is 7.09. The zero-order valence-corrected chi connectivity index (χ0v) is 13.9. The Labute approximate surface area is 135 Å². The SMILES string of the molecule is C=CCNC(=NCCc1ccco1)N(C)Cc1csc(C)n1. The summed E-state index contributed by atoms with van der Waals surface area (Å²) >= 11 is 1.67. The predicted molar refractivity (Wildman–Crippen MR) is 91.2 cm³/mol. The van der Waals surface area contributed by atoms with Crippen molar-refractivity contribution in [2.24, 2.45) is 4.99 Å². The molecule has 0 aliphatic carbocycles. The molecule has 0 aliphatic rings. The molecule has 0 radical (unpaired) electrons. The highest BCUT2D eigenvalue weighted by Crippen LogP contribution is 2.10. The summed E-state index contributed by atoms with van der Waals surface area (Å²) in [6.45, 7) is 7.84. The van der Waals surface area contributed by atoms with E-state index in [1.807, 2.05) is 32.2 Å². The lowest BCUT2D eigenvalue weighted by atomic mass is 10.3. The minimum atomic E-state index is 0.674. The van der Waals surface area contributed by atoms with Crippen LogP contribution in [0.25, 0.3) is 0 Å². The van der Waals surface area contributed by atoms with E-state index >= 15 is 0 Å². The van der Waals surface area contributed by atoms with Crippen LogP contribution < -0.4 is 5.32 Å². The van der Waals surface area contributed by atoms with Gasteiger partial charge in [-0.15, -0.1) is 17.9 Å². The molecule has 0 saturated heterocycles. The Morgan fingerprint density at radius 2 is 2.45 bits per heavy atom. The Hall–Kier alpha value is -2.08. The Morgan fingerprint density at radius 3 is 3.09 bits per heavy atom. The van der Waals surface area contributed by atoms with Crippen LogP contribution in [0.3, 0.4) is 0 Å². The first kappa shape index (κ1) is 16.3. The molecule has 0 amide bonds. The van der Waals surface area contributed by atoms with Crippen molar-refractivity contribution in [2.45, 2.75) is 19.9 Å². The van der Waals surface area contributed by atoms with E-state index in [2.05, 4.69) is 32.2 Å². The Balaban J connectivity index is 1.95. The maximum absolute atomic E-state index is 5.33. The van der Waals surface area contributed by atoms with Gasteiger partial charge in [0.2, 0.25) is 0 Å². The molecule has 0 spiro atoms. The number of rotatable bonds is 7.